The van der Waals surface area contributed by atoms with Crippen LogP contribution in [0, 0.1) is 6.92 Å². The summed E-state index contributed by atoms with van der Waals surface area (Å²) in [6, 6.07) is 0. The van der Waals surface area contributed by atoms with Gasteiger partial charge in [-0.3, -0.25) is 0 Å². The van der Waals surface area contributed by atoms with Gasteiger partial charge in [-0.15, -0.1) is 11.8 Å². The first kappa shape index (κ1) is 10.5. The summed E-state index contributed by atoms with van der Waals surface area (Å²) in [6.45, 7) is 1.85. The van der Waals surface area contributed by atoms with Gasteiger partial charge in [0.15, 0.2) is 0 Å². The highest BCUT2D eigenvalue weighted by molar-refractivity contribution is 7.98. The van der Waals surface area contributed by atoms with E-state index in [9.17, 15) is 8.42 Å². The van der Waals surface area contributed by atoms with E-state index in [1.54, 1.807) is 0 Å². The van der Waals surface area contributed by atoms with Crippen molar-refractivity contribution in [2.24, 2.45) is 0 Å². The normalized spacial score (nSPS) is 11.6. The minimum absolute atomic E-state index is 0.109. The Bertz CT molecular complexity index is 415. The molecule has 0 bridgehead atoms. The second kappa shape index (κ2) is 3.63. The number of thioether (sulfide) groups is 1. The zero-order valence-electron chi connectivity index (χ0n) is 7.60. The van der Waals surface area contributed by atoms with Crippen LogP contribution < -0.4 is 0 Å². The van der Waals surface area contributed by atoms with Gasteiger partial charge in [0.1, 0.15) is 5.03 Å². The third kappa shape index (κ3) is 2.41. The Hall–Kier alpha value is -0.620. The molecule has 0 N–H and O–H groups in total. The van der Waals surface area contributed by atoms with Crippen molar-refractivity contribution in [1.29, 1.82) is 0 Å². The van der Waals surface area contributed by atoms with Gasteiger partial charge in [-0.05, 0) is 18.7 Å². The van der Waals surface area contributed by atoms with Crippen LogP contribution in [0.5, 0.6) is 0 Å². The standard InChI is InChI=1S/C7H10N2O2S2/c1-5-4-8-7(13(3,10)11)9-6(5)12-2/h4H,1-3H3. The van der Waals surface area contributed by atoms with Crippen molar-refractivity contribution in [2.75, 3.05) is 12.5 Å². The van der Waals surface area contributed by atoms with Crippen molar-refractivity contribution in [1.82, 2.24) is 9.97 Å². The van der Waals surface area contributed by atoms with E-state index in [0.29, 0.717) is 5.03 Å². The van der Waals surface area contributed by atoms with Crippen LogP contribution in [0.15, 0.2) is 16.4 Å². The molecule has 0 spiro atoms. The van der Waals surface area contributed by atoms with Gasteiger partial charge in [0, 0.05) is 12.5 Å². The quantitative estimate of drug-likeness (QED) is 0.419. The van der Waals surface area contributed by atoms with Crippen LogP contribution in [-0.4, -0.2) is 30.9 Å². The van der Waals surface area contributed by atoms with E-state index in [1.807, 2.05) is 13.2 Å². The molecule has 0 aliphatic carbocycles. The van der Waals surface area contributed by atoms with Gasteiger partial charge < -0.3 is 0 Å². The molecule has 0 radical (unpaired) electrons. The first-order valence-corrected chi connectivity index (χ1v) is 6.64. The summed E-state index contributed by atoms with van der Waals surface area (Å²) >= 11 is 1.41. The highest BCUT2D eigenvalue weighted by Gasteiger charge is 2.12. The van der Waals surface area contributed by atoms with Crippen molar-refractivity contribution < 1.29 is 8.42 Å². The highest BCUT2D eigenvalue weighted by atomic mass is 32.2. The van der Waals surface area contributed by atoms with Crippen LogP contribution in [0.4, 0.5) is 0 Å². The van der Waals surface area contributed by atoms with Crippen molar-refractivity contribution in [3.63, 3.8) is 0 Å². The third-order valence-electron chi connectivity index (χ3n) is 1.43. The molecule has 13 heavy (non-hydrogen) atoms. The molecule has 0 saturated carbocycles. The Labute approximate surface area is 81.7 Å². The Morgan fingerprint density at radius 3 is 2.54 bits per heavy atom. The molecule has 0 aliphatic rings. The Balaban J connectivity index is 3.30. The van der Waals surface area contributed by atoms with Crippen LogP contribution in [0.25, 0.3) is 0 Å². The van der Waals surface area contributed by atoms with Gasteiger partial charge in [-0.25, -0.2) is 18.4 Å². The van der Waals surface area contributed by atoms with Gasteiger partial charge in [-0.2, -0.15) is 0 Å². The molecular weight excluding hydrogens is 208 g/mol. The summed E-state index contributed by atoms with van der Waals surface area (Å²) in [7, 11) is -3.29. The SMILES string of the molecule is CSc1nc(S(C)(=O)=O)ncc1C. The topological polar surface area (TPSA) is 59.9 Å². The van der Waals surface area contributed by atoms with Gasteiger partial charge in [-0.1, -0.05) is 0 Å². The number of hydrogen-bond donors (Lipinski definition) is 0. The van der Waals surface area contributed by atoms with E-state index in [2.05, 4.69) is 9.97 Å². The molecule has 1 aromatic rings. The van der Waals surface area contributed by atoms with Crippen LogP contribution >= 0.6 is 11.8 Å². The smallest absolute Gasteiger partial charge is 0.226 e. The first-order valence-electron chi connectivity index (χ1n) is 3.53. The van der Waals surface area contributed by atoms with Gasteiger partial charge >= 0.3 is 0 Å². The summed E-state index contributed by atoms with van der Waals surface area (Å²) in [5.41, 5.74) is 0.889. The van der Waals surface area contributed by atoms with E-state index in [1.165, 1.54) is 18.0 Å². The molecule has 0 atom stereocenters. The molecule has 0 fully saturated rings. The fourth-order valence-electron chi connectivity index (χ4n) is 0.796. The Morgan fingerprint density at radius 2 is 2.08 bits per heavy atom. The van der Waals surface area contributed by atoms with E-state index in [-0.39, 0.29) is 5.16 Å². The number of sulfone groups is 1. The van der Waals surface area contributed by atoms with Gasteiger partial charge in [0.2, 0.25) is 15.0 Å². The lowest BCUT2D eigenvalue weighted by Crippen LogP contribution is -2.05. The molecule has 6 heteroatoms. The molecule has 4 nitrogen and oxygen atoms in total. The van der Waals surface area contributed by atoms with Crippen LogP contribution in [-0.2, 0) is 9.84 Å². The maximum absolute atomic E-state index is 11.1. The van der Waals surface area contributed by atoms with Crippen molar-refractivity contribution in [3.05, 3.63) is 11.8 Å². The Morgan fingerprint density at radius 1 is 1.46 bits per heavy atom. The average molecular weight is 218 g/mol. The van der Waals surface area contributed by atoms with Crippen LogP contribution in [0.2, 0.25) is 0 Å². The third-order valence-corrected chi connectivity index (χ3v) is 3.09. The molecule has 1 aromatic heterocycles. The molecule has 0 aromatic carbocycles. The number of rotatable bonds is 2. The lowest BCUT2D eigenvalue weighted by atomic mass is 10.4. The van der Waals surface area contributed by atoms with Crippen LogP contribution in [0.3, 0.4) is 0 Å². The summed E-state index contributed by atoms with van der Waals surface area (Å²) in [6.07, 6.45) is 4.47. The molecule has 0 amide bonds. The van der Waals surface area contributed by atoms with E-state index >= 15 is 0 Å². The largest absolute Gasteiger partial charge is 0.247 e. The predicted molar refractivity (Wildman–Crippen MR) is 51.7 cm³/mol. The summed E-state index contributed by atoms with van der Waals surface area (Å²) in [4.78, 5) is 7.67. The fraction of sp³-hybridized carbons (Fsp3) is 0.429. The number of nitrogens with zero attached hydrogens (tertiary/aromatic N) is 2. The molecule has 0 saturated heterocycles. The lowest BCUT2D eigenvalue weighted by Gasteiger charge is -2.02. The van der Waals surface area contributed by atoms with Gasteiger partial charge in [0.25, 0.3) is 0 Å². The number of hydrogen-bond acceptors (Lipinski definition) is 5. The fourth-order valence-corrected chi connectivity index (χ4v) is 1.91. The number of aromatic nitrogens is 2. The van der Waals surface area contributed by atoms with Crippen molar-refractivity contribution in [3.8, 4) is 0 Å². The molecule has 72 valence electrons. The van der Waals surface area contributed by atoms with Crippen molar-refractivity contribution >= 4 is 21.6 Å². The zero-order chi connectivity index (χ0) is 10.1. The summed E-state index contributed by atoms with van der Waals surface area (Å²) in [5.74, 6) is 0. The molecule has 1 heterocycles. The minimum Gasteiger partial charge on any atom is -0.226 e. The minimum atomic E-state index is -3.29. The maximum atomic E-state index is 11.1. The Kier molecular flexibility index (Phi) is 2.92. The number of aryl methyl sites for hydroxylation is 1. The summed E-state index contributed by atoms with van der Waals surface area (Å²) < 4.78 is 22.2. The summed E-state index contributed by atoms with van der Waals surface area (Å²) in [5, 5.41) is 0.595. The second-order valence-electron chi connectivity index (χ2n) is 2.62. The van der Waals surface area contributed by atoms with E-state index in [0.717, 1.165) is 11.8 Å². The highest BCUT2D eigenvalue weighted by Crippen LogP contribution is 2.17. The molecule has 0 unspecified atom stereocenters. The van der Waals surface area contributed by atoms with Gasteiger partial charge in [0.05, 0.1) is 0 Å². The van der Waals surface area contributed by atoms with E-state index in [4.69, 9.17) is 0 Å². The molecular formula is C7H10N2O2S2. The lowest BCUT2D eigenvalue weighted by molar-refractivity contribution is 0.590. The zero-order valence-corrected chi connectivity index (χ0v) is 9.24. The molecule has 0 aliphatic heterocycles. The average Bonchev–Trinajstić information content (AvgIpc) is 2.03. The first-order chi connectivity index (χ1) is 5.95. The van der Waals surface area contributed by atoms with Crippen LogP contribution in [0.1, 0.15) is 5.56 Å². The monoisotopic (exact) mass is 218 g/mol. The maximum Gasteiger partial charge on any atom is 0.247 e. The van der Waals surface area contributed by atoms with E-state index < -0.39 is 9.84 Å². The second-order valence-corrected chi connectivity index (χ2v) is 5.32. The predicted octanol–water partition coefficient (Wildman–Crippen LogP) is 0.910. The van der Waals surface area contributed by atoms with Crippen molar-refractivity contribution in [2.45, 2.75) is 17.1 Å². The molecule has 1 rings (SSSR count).